The van der Waals surface area contributed by atoms with Crippen molar-refractivity contribution >= 4 is 80.9 Å². The highest BCUT2D eigenvalue weighted by atomic mass is 32.1. The van der Waals surface area contributed by atoms with Crippen molar-refractivity contribution < 1.29 is 0 Å². The Balaban J connectivity index is 1.05. The van der Waals surface area contributed by atoms with Crippen LogP contribution in [0.15, 0.2) is 237 Å². The molecule has 0 spiro atoms. The summed E-state index contributed by atoms with van der Waals surface area (Å²) in [5, 5.41) is 10.0. The minimum atomic E-state index is 1.11. The van der Waals surface area contributed by atoms with Crippen molar-refractivity contribution in [2.24, 2.45) is 0 Å². The molecule has 0 aliphatic rings. The molecule has 0 radical (unpaired) electrons. The zero-order valence-corrected chi connectivity index (χ0v) is 34.7. The molecule has 11 aromatic carbocycles. The molecule has 0 aliphatic carbocycles. The molecule has 0 saturated carbocycles. The van der Waals surface area contributed by atoms with Crippen LogP contribution in [0, 0.1) is 0 Å². The van der Waals surface area contributed by atoms with Gasteiger partial charge in [-0.05, 0) is 137 Å². The van der Waals surface area contributed by atoms with Gasteiger partial charge in [-0.15, -0.1) is 11.3 Å². The van der Waals surface area contributed by atoms with Crippen molar-refractivity contribution in [3.63, 3.8) is 0 Å². The molecule has 0 aliphatic heterocycles. The fraction of sp³-hybridized carbons (Fsp3) is 0. The van der Waals surface area contributed by atoms with E-state index in [9.17, 15) is 0 Å². The molecule has 0 N–H and O–H groups in total. The number of fused-ring (bicyclic) bond motifs is 7. The van der Waals surface area contributed by atoms with Crippen LogP contribution >= 0.6 is 11.3 Å². The zero-order chi connectivity index (χ0) is 41.0. The molecule has 290 valence electrons. The Kier molecular flexibility index (Phi) is 8.76. The molecular weight excluding hydrogens is 767 g/mol. The van der Waals surface area contributed by atoms with Gasteiger partial charge in [-0.1, -0.05) is 176 Å². The molecule has 62 heavy (non-hydrogen) atoms. The number of hydrogen-bond donors (Lipinski definition) is 0. The summed E-state index contributed by atoms with van der Waals surface area (Å²) in [6.45, 7) is 0. The summed E-state index contributed by atoms with van der Waals surface area (Å²) >= 11 is 1.86. The molecule has 1 aromatic heterocycles. The third kappa shape index (κ3) is 6.24. The highest BCUT2D eigenvalue weighted by molar-refractivity contribution is 7.25. The van der Waals surface area contributed by atoms with Gasteiger partial charge in [-0.3, -0.25) is 0 Å². The molecule has 0 saturated heterocycles. The van der Waals surface area contributed by atoms with Gasteiger partial charge in [-0.25, -0.2) is 0 Å². The smallest absolute Gasteiger partial charge is 0.0468 e. The predicted octanol–water partition coefficient (Wildman–Crippen LogP) is 17.7. The van der Waals surface area contributed by atoms with Gasteiger partial charge in [0, 0.05) is 37.2 Å². The van der Waals surface area contributed by atoms with E-state index in [0.29, 0.717) is 0 Å². The lowest BCUT2D eigenvalue weighted by atomic mass is 9.84. The summed E-state index contributed by atoms with van der Waals surface area (Å²) in [5.41, 5.74) is 13.1. The Morgan fingerprint density at radius 1 is 0.242 bits per heavy atom. The molecule has 0 amide bonds. The van der Waals surface area contributed by atoms with Crippen LogP contribution < -0.4 is 4.90 Å². The Bertz CT molecular complexity index is 3630. The van der Waals surface area contributed by atoms with Crippen LogP contribution in [0.1, 0.15) is 0 Å². The monoisotopic (exact) mass is 805 g/mol. The van der Waals surface area contributed by atoms with Crippen LogP contribution in [0.5, 0.6) is 0 Å². The largest absolute Gasteiger partial charge is 0.310 e. The maximum Gasteiger partial charge on any atom is 0.0468 e. The summed E-state index contributed by atoms with van der Waals surface area (Å²) in [6.07, 6.45) is 0. The van der Waals surface area contributed by atoms with Gasteiger partial charge in [0.2, 0.25) is 0 Å². The molecule has 0 atom stereocenters. The first-order valence-electron chi connectivity index (χ1n) is 21.2. The topological polar surface area (TPSA) is 3.24 Å². The van der Waals surface area contributed by atoms with Crippen LogP contribution in [0.3, 0.4) is 0 Å². The molecule has 1 heterocycles. The molecule has 12 rings (SSSR count). The minimum absolute atomic E-state index is 1.11. The molecule has 1 nitrogen and oxygen atoms in total. The average molecular weight is 806 g/mol. The lowest BCUT2D eigenvalue weighted by Gasteiger charge is -2.27. The third-order valence-corrected chi connectivity index (χ3v) is 13.5. The first-order chi connectivity index (χ1) is 30.7. The van der Waals surface area contributed by atoms with Gasteiger partial charge in [0.25, 0.3) is 0 Å². The van der Waals surface area contributed by atoms with Gasteiger partial charge in [0.1, 0.15) is 0 Å². The van der Waals surface area contributed by atoms with Crippen molar-refractivity contribution in [3.8, 4) is 44.5 Å². The zero-order valence-electron chi connectivity index (χ0n) is 33.9. The van der Waals surface area contributed by atoms with E-state index in [0.717, 1.165) is 22.6 Å². The second kappa shape index (κ2) is 15.0. The number of benzene rings is 11. The van der Waals surface area contributed by atoms with Crippen LogP contribution in [0.2, 0.25) is 0 Å². The molecule has 0 fully saturated rings. The number of hydrogen-bond acceptors (Lipinski definition) is 2. The van der Waals surface area contributed by atoms with Crippen LogP contribution in [0.4, 0.5) is 17.1 Å². The Hall–Kier alpha value is -7.78. The van der Waals surface area contributed by atoms with Crippen LogP contribution in [0.25, 0.3) is 97.0 Å². The van der Waals surface area contributed by atoms with E-state index < -0.39 is 0 Å². The van der Waals surface area contributed by atoms with E-state index in [1.165, 1.54) is 91.4 Å². The number of thiophene rings is 1. The minimum Gasteiger partial charge on any atom is -0.310 e. The van der Waals surface area contributed by atoms with E-state index in [1.54, 1.807) is 0 Å². The average Bonchev–Trinajstić information content (AvgIpc) is 3.72. The van der Waals surface area contributed by atoms with Crippen LogP contribution in [-0.4, -0.2) is 0 Å². The second-order valence-electron chi connectivity index (χ2n) is 16.1. The number of rotatable bonds is 7. The summed E-state index contributed by atoms with van der Waals surface area (Å²) in [5.74, 6) is 0. The Morgan fingerprint density at radius 2 is 0.742 bits per heavy atom. The number of anilines is 3. The highest BCUT2D eigenvalue weighted by Gasteiger charge is 2.20. The van der Waals surface area contributed by atoms with Gasteiger partial charge < -0.3 is 4.90 Å². The fourth-order valence-electron chi connectivity index (χ4n) is 9.49. The SMILES string of the molecule is c1ccc(-c2ccc3cc(N(c4cccc(-c5ccc6c(c5)c(-c5ccccc5)c(-c5ccccc5)c5ccccc56)c4)c4ccc5sc6ccccc6c5c4)ccc3c2)cc1. The van der Waals surface area contributed by atoms with E-state index in [4.69, 9.17) is 0 Å². The van der Waals surface area contributed by atoms with E-state index in [-0.39, 0.29) is 0 Å². The Labute approximate surface area is 365 Å². The normalized spacial score (nSPS) is 11.5. The van der Waals surface area contributed by atoms with E-state index in [1.807, 2.05) is 11.3 Å². The molecule has 2 heteroatoms. The quantitative estimate of drug-likeness (QED) is 0.145. The summed E-state index contributed by atoms with van der Waals surface area (Å²) in [4.78, 5) is 2.43. The molecule has 0 bridgehead atoms. The van der Waals surface area contributed by atoms with Crippen molar-refractivity contribution in [2.45, 2.75) is 0 Å². The Morgan fingerprint density at radius 3 is 1.52 bits per heavy atom. The first-order valence-corrected chi connectivity index (χ1v) is 22.1. The van der Waals surface area contributed by atoms with Crippen molar-refractivity contribution in [1.29, 1.82) is 0 Å². The summed E-state index contributed by atoms with van der Waals surface area (Å²) in [6, 6.07) is 86.8. The second-order valence-corrected chi connectivity index (χ2v) is 17.1. The summed E-state index contributed by atoms with van der Waals surface area (Å²) < 4.78 is 2.60. The third-order valence-electron chi connectivity index (χ3n) is 12.4. The molecular formula is C60H39NS. The van der Waals surface area contributed by atoms with Gasteiger partial charge >= 0.3 is 0 Å². The van der Waals surface area contributed by atoms with Gasteiger partial charge in [0.15, 0.2) is 0 Å². The lowest BCUT2D eigenvalue weighted by molar-refractivity contribution is 1.30. The highest BCUT2D eigenvalue weighted by Crippen LogP contribution is 2.47. The molecule has 0 unspecified atom stereocenters. The summed E-state index contributed by atoms with van der Waals surface area (Å²) in [7, 11) is 0. The lowest BCUT2D eigenvalue weighted by Crippen LogP contribution is -2.10. The van der Waals surface area contributed by atoms with Crippen molar-refractivity contribution in [3.05, 3.63) is 237 Å². The molecule has 12 aromatic rings. The first kappa shape index (κ1) is 36.1. The van der Waals surface area contributed by atoms with E-state index in [2.05, 4.69) is 241 Å². The maximum absolute atomic E-state index is 2.43. The van der Waals surface area contributed by atoms with Gasteiger partial charge in [-0.2, -0.15) is 0 Å². The van der Waals surface area contributed by atoms with Crippen molar-refractivity contribution in [2.75, 3.05) is 4.90 Å². The van der Waals surface area contributed by atoms with Crippen LogP contribution in [-0.2, 0) is 0 Å². The predicted molar refractivity (Wildman–Crippen MR) is 268 cm³/mol. The van der Waals surface area contributed by atoms with Crippen molar-refractivity contribution in [1.82, 2.24) is 0 Å². The maximum atomic E-state index is 2.43. The fourth-order valence-corrected chi connectivity index (χ4v) is 10.6. The van der Waals surface area contributed by atoms with Gasteiger partial charge in [0.05, 0.1) is 0 Å². The number of nitrogens with zero attached hydrogens (tertiary/aromatic N) is 1. The standard InChI is InChI=1S/C60H39NS/c1-4-15-40(16-5-1)44-27-28-46-37-49(31-29-45(46)35-44)61(50-32-34-58-55(39-50)53-24-12-13-26-57(53)62-58)48-22-14-21-43(36-48)47-30-33-52-51-23-10-11-25-54(51)59(41-17-6-2-7-18-41)60(56(52)38-47)42-19-8-3-9-20-42/h1-39H. The van der Waals surface area contributed by atoms with E-state index >= 15 is 0 Å².